The first-order chi connectivity index (χ1) is 10.1. The van der Waals surface area contributed by atoms with Gasteiger partial charge in [0, 0.05) is 10.0 Å². The number of hydrogen-bond donors (Lipinski definition) is 2. The Morgan fingerprint density at radius 1 is 1.00 bits per heavy atom. The van der Waals surface area contributed by atoms with E-state index in [4.69, 9.17) is 38.5 Å². The summed E-state index contributed by atoms with van der Waals surface area (Å²) in [5.41, 5.74) is 4.49. The molecule has 0 saturated carbocycles. The number of halogens is 2. The molecule has 0 aliphatic heterocycles. The van der Waals surface area contributed by atoms with Gasteiger partial charge in [-0.1, -0.05) is 35.3 Å². The Kier molecular flexibility index (Phi) is 5.31. The Morgan fingerprint density at radius 3 is 2.29 bits per heavy atom. The molecule has 0 fully saturated rings. The molecule has 0 aromatic heterocycles. The molecule has 112 valence electrons. The van der Waals surface area contributed by atoms with Crippen molar-refractivity contribution in [1.82, 2.24) is 5.43 Å². The lowest BCUT2D eigenvalue weighted by molar-refractivity contribution is 0.354. The van der Waals surface area contributed by atoms with Gasteiger partial charge in [0.15, 0.2) is 11.5 Å². The molecule has 0 saturated heterocycles. The molecule has 0 spiro atoms. The first kappa shape index (κ1) is 15.9. The van der Waals surface area contributed by atoms with E-state index in [9.17, 15) is 0 Å². The lowest BCUT2D eigenvalue weighted by atomic mass is 9.99. The Bertz CT molecular complexity index is 635. The fraction of sp³-hybridized carbons (Fsp3) is 0.200. The summed E-state index contributed by atoms with van der Waals surface area (Å²) in [6.45, 7) is 0. The second-order valence-corrected chi connectivity index (χ2v) is 5.22. The van der Waals surface area contributed by atoms with Crippen LogP contribution in [-0.2, 0) is 0 Å². The molecule has 3 N–H and O–H groups in total. The molecule has 0 amide bonds. The highest BCUT2D eigenvalue weighted by molar-refractivity contribution is 6.35. The maximum atomic E-state index is 6.25. The first-order valence-electron chi connectivity index (χ1n) is 6.23. The Labute approximate surface area is 133 Å². The minimum Gasteiger partial charge on any atom is -0.493 e. The third-order valence-corrected chi connectivity index (χ3v) is 3.74. The zero-order valence-corrected chi connectivity index (χ0v) is 13.2. The largest absolute Gasteiger partial charge is 0.493 e. The van der Waals surface area contributed by atoms with E-state index in [2.05, 4.69) is 5.43 Å². The fourth-order valence-corrected chi connectivity index (χ4v) is 2.65. The summed E-state index contributed by atoms with van der Waals surface area (Å²) < 4.78 is 10.5. The normalized spacial score (nSPS) is 12.0. The van der Waals surface area contributed by atoms with Crippen LogP contribution in [0.25, 0.3) is 0 Å². The highest BCUT2D eigenvalue weighted by Crippen LogP contribution is 2.34. The summed E-state index contributed by atoms with van der Waals surface area (Å²) in [7, 11) is 3.17. The third kappa shape index (κ3) is 3.41. The molecule has 0 heterocycles. The Balaban J connectivity index is 2.46. The second kappa shape index (κ2) is 7.00. The van der Waals surface area contributed by atoms with E-state index in [1.165, 1.54) is 0 Å². The molecular formula is C15H16Cl2N2O2. The van der Waals surface area contributed by atoms with Crippen LogP contribution in [0.4, 0.5) is 0 Å². The van der Waals surface area contributed by atoms with E-state index in [0.717, 1.165) is 11.1 Å². The van der Waals surface area contributed by atoms with Crippen molar-refractivity contribution in [2.24, 2.45) is 5.84 Å². The van der Waals surface area contributed by atoms with Crippen LogP contribution in [0, 0.1) is 0 Å². The van der Waals surface area contributed by atoms with Crippen molar-refractivity contribution >= 4 is 23.2 Å². The summed E-state index contributed by atoms with van der Waals surface area (Å²) in [4.78, 5) is 0. The average molecular weight is 327 g/mol. The van der Waals surface area contributed by atoms with Gasteiger partial charge in [-0.25, -0.2) is 5.43 Å². The molecule has 2 rings (SSSR count). The number of nitrogens with two attached hydrogens (primary N) is 1. The molecule has 2 aromatic rings. The maximum absolute atomic E-state index is 6.25. The molecule has 0 aliphatic rings. The standard InChI is InChI=1S/C15H16Cl2N2O2/c1-20-13-6-3-9(7-14(13)21-2)15(19-18)11-5-4-10(16)8-12(11)17/h3-8,15,19H,18H2,1-2H3. The maximum Gasteiger partial charge on any atom is 0.161 e. The van der Waals surface area contributed by atoms with Gasteiger partial charge in [-0.3, -0.25) is 5.84 Å². The van der Waals surface area contributed by atoms with Crippen molar-refractivity contribution in [2.75, 3.05) is 14.2 Å². The molecule has 0 aliphatic carbocycles. The van der Waals surface area contributed by atoms with Gasteiger partial charge < -0.3 is 9.47 Å². The molecule has 6 heteroatoms. The van der Waals surface area contributed by atoms with E-state index in [1.54, 1.807) is 26.4 Å². The smallest absolute Gasteiger partial charge is 0.161 e. The minimum absolute atomic E-state index is 0.283. The first-order valence-corrected chi connectivity index (χ1v) is 6.99. The number of methoxy groups -OCH3 is 2. The predicted molar refractivity (Wildman–Crippen MR) is 85.2 cm³/mol. The molecule has 21 heavy (non-hydrogen) atoms. The quantitative estimate of drug-likeness (QED) is 0.651. The van der Waals surface area contributed by atoms with E-state index < -0.39 is 0 Å². The summed E-state index contributed by atoms with van der Waals surface area (Å²) in [5, 5.41) is 1.12. The zero-order chi connectivity index (χ0) is 15.4. The van der Waals surface area contributed by atoms with Gasteiger partial charge in [0.25, 0.3) is 0 Å². The van der Waals surface area contributed by atoms with Crippen LogP contribution in [0.3, 0.4) is 0 Å². The van der Waals surface area contributed by atoms with Gasteiger partial charge in [0.05, 0.1) is 20.3 Å². The van der Waals surface area contributed by atoms with Crippen molar-refractivity contribution in [3.8, 4) is 11.5 Å². The number of hydrogen-bond acceptors (Lipinski definition) is 4. The topological polar surface area (TPSA) is 56.5 Å². The molecule has 1 atom stereocenters. The molecule has 0 radical (unpaired) electrons. The van der Waals surface area contributed by atoms with Gasteiger partial charge in [-0.2, -0.15) is 0 Å². The van der Waals surface area contributed by atoms with Gasteiger partial charge in [0.2, 0.25) is 0 Å². The van der Waals surface area contributed by atoms with Crippen LogP contribution < -0.4 is 20.7 Å². The number of rotatable bonds is 5. The van der Waals surface area contributed by atoms with Gasteiger partial charge in [0.1, 0.15) is 0 Å². The number of benzene rings is 2. The van der Waals surface area contributed by atoms with Gasteiger partial charge >= 0.3 is 0 Å². The van der Waals surface area contributed by atoms with Crippen LogP contribution in [-0.4, -0.2) is 14.2 Å². The number of hydrazine groups is 1. The third-order valence-electron chi connectivity index (χ3n) is 3.18. The van der Waals surface area contributed by atoms with Crippen LogP contribution in [0.2, 0.25) is 10.0 Å². The van der Waals surface area contributed by atoms with Crippen molar-refractivity contribution in [3.05, 3.63) is 57.6 Å². The molecular weight excluding hydrogens is 311 g/mol. The minimum atomic E-state index is -0.283. The van der Waals surface area contributed by atoms with Crippen LogP contribution in [0.15, 0.2) is 36.4 Å². The van der Waals surface area contributed by atoms with Crippen LogP contribution in [0.1, 0.15) is 17.2 Å². The van der Waals surface area contributed by atoms with Crippen LogP contribution in [0.5, 0.6) is 11.5 Å². The number of nitrogens with one attached hydrogen (secondary N) is 1. The van der Waals surface area contributed by atoms with E-state index >= 15 is 0 Å². The van der Waals surface area contributed by atoms with E-state index in [0.29, 0.717) is 21.5 Å². The summed E-state index contributed by atoms with van der Waals surface area (Å²) in [6, 6.07) is 10.6. The van der Waals surface area contributed by atoms with Crippen molar-refractivity contribution < 1.29 is 9.47 Å². The molecule has 2 aromatic carbocycles. The number of ether oxygens (including phenoxy) is 2. The van der Waals surface area contributed by atoms with Crippen molar-refractivity contribution in [1.29, 1.82) is 0 Å². The van der Waals surface area contributed by atoms with Gasteiger partial charge in [-0.05, 0) is 35.4 Å². The van der Waals surface area contributed by atoms with E-state index in [-0.39, 0.29) is 6.04 Å². The lowest BCUT2D eigenvalue weighted by Gasteiger charge is -2.20. The summed E-state index contributed by atoms with van der Waals surface area (Å²) in [6.07, 6.45) is 0. The summed E-state index contributed by atoms with van der Waals surface area (Å²) in [5.74, 6) is 6.97. The fourth-order valence-electron chi connectivity index (χ4n) is 2.13. The average Bonchev–Trinajstić information content (AvgIpc) is 2.49. The SMILES string of the molecule is COc1ccc(C(NN)c2ccc(Cl)cc2Cl)cc1OC. The predicted octanol–water partition coefficient (Wildman–Crippen LogP) is 3.56. The van der Waals surface area contributed by atoms with Crippen LogP contribution >= 0.6 is 23.2 Å². The molecule has 4 nitrogen and oxygen atoms in total. The monoisotopic (exact) mass is 326 g/mol. The Morgan fingerprint density at radius 2 is 1.71 bits per heavy atom. The highest BCUT2D eigenvalue weighted by Gasteiger charge is 2.18. The van der Waals surface area contributed by atoms with E-state index in [1.807, 2.05) is 24.3 Å². The summed E-state index contributed by atoms with van der Waals surface area (Å²) >= 11 is 12.2. The lowest BCUT2D eigenvalue weighted by Crippen LogP contribution is -2.29. The highest BCUT2D eigenvalue weighted by atomic mass is 35.5. The zero-order valence-electron chi connectivity index (χ0n) is 11.7. The molecule has 0 bridgehead atoms. The van der Waals surface area contributed by atoms with Crippen molar-refractivity contribution in [3.63, 3.8) is 0 Å². The Hall–Kier alpha value is -1.46. The van der Waals surface area contributed by atoms with Crippen molar-refractivity contribution in [2.45, 2.75) is 6.04 Å². The molecule has 1 unspecified atom stereocenters. The van der Waals surface area contributed by atoms with Gasteiger partial charge in [-0.15, -0.1) is 0 Å². The second-order valence-electron chi connectivity index (χ2n) is 4.38.